The zero-order valence-corrected chi connectivity index (χ0v) is 12.6. The highest BCUT2D eigenvalue weighted by Gasteiger charge is 2.45. The summed E-state index contributed by atoms with van der Waals surface area (Å²) < 4.78 is 7.88. The van der Waals surface area contributed by atoms with Crippen molar-refractivity contribution in [3.8, 4) is 0 Å². The number of aliphatic hydroxyl groups is 1. The summed E-state index contributed by atoms with van der Waals surface area (Å²) in [6, 6.07) is 0. The number of rotatable bonds is 5. The van der Waals surface area contributed by atoms with Gasteiger partial charge < -0.3 is 9.84 Å². The largest absolute Gasteiger partial charge is 0.383 e. The van der Waals surface area contributed by atoms with Gasteiger partial charge in [-0.3, -0.25) is 4.68 Å². The lowest BCUT2D eigenvalue weighted by Crippen LogP contribution is -2.33. The minimum absolute atomic E-state index is 0.326. The Morgan fingerprint density at radius 2 is 2.44 bits per heavy atom. The van der Waals surface area contributed by atoms with E-state index in [4.69, 9.17) is 4.74 Å². The monoisotopic (exact) mass is 316 g/mol. The van der Waals surface area contributed by atoms with E-state index in [1.165, 1.54) is 0 Å². The zero-order chi connectivity index (χ0) is 13.2. The second-order valence-electron chi connectivity index (χ2n) is 4.98. The van der Waals surface area contributed by atoms with E-state index in [2.05, 4.69) is 28.0 Å². The van der Waals surface area contributed by atoms with Gasteiger partial charge in [-0.25, -0.2) is 0 Å². The maximum Gasteiger partial charge on any atom is 0.110 e. The van der Waals surface area contributed by atoms with Crippen molar-refractivity contribution in [1.82, 2.24) is 9.78 Å². The standard InChI is InChI=1S/C13H21BrN2O2/c1-3-10-5-4-6-13(10,17)12-11(14)9-15-16(12)7-8-18-2/h9-10,17H,3-8H2,1-2H3. The van der Waals surface area contributed by atoms with E-state index in [-0.39, 0.29) is 0 Å². The molecule has 1 aromatic heterocycles. The molecule has 1 fully saturated rings. The normalized spacial score (nSPS) is 27.9. The first-order chi connectivity index (χ1) is 8.63. The molecule has 1 aliphatic carbocycles. The van der Waals surface area contributed by atoms with Gasteiger partial charge in [-0.1, -0.05) is 13.3 Å². The second-order valence-corrected chi connectivity index (χ2v) is 5.83. The van der Waals surface area contributed by atoms with Crippen LogP contribution in [0.1, 0.15) is 38.3 Å². The molecule has 2 rings (SSSR count). The summed E-state index contributed by atoms with van der Waals surface area (Å²) in [4.78, 5) is 0. The fourth-order valence-electron chi connectivity index (χ4n) is 3.05. The minimum Gasteiger partial charge on any atom is -0.383 e. The third-order valence-corrected chi connectivity index (χ3v) is 4.57. The number of hydrogen-bond donors (Lipinski definition) is 1. The molecule has 102 valence electrons. The highest BCUT2D eigenvalue weighted by Crippen LogP contribution is 2.47. The molecule has 2 unspecified atom stereocenters. The molecule has 0 aliphatic heterocycles. The lowest BCUT2D eigenvalue weighted by atomic mass is 9.85. The van der Waals surface area contributed by atoms with E-state index in [9.17, 15) is 5.11 Å². The first kappa shape index (κ1) is 14.0. The van der Waals surface area contributed by atoms with E-state index in [0.29, 0.717) is 19.1 Å². The van der Waals surface area contributed by atoms with Crippen LogP contribution in [0.2, 0.25) is 0 Å². The SMILES string of the molecule is CCC1CCCC1(O)c1c(Br)cnn1CCOC. The van der Waals surface area contributed by atoms with Gasteiger partial charge in [-0.2, -0.15) is 5.10 Å². The summed E-state index contributed by atoms with van der Waals surface area (Å²) in [5.41, 5.74) is 0.182. The second kappa shape index (κ2) is 5.72. The van der Waals surface area contributed by atoms with Crippen LogP contribution < -0.4 is 0 Å². The van der Waals surface area contributed by atoms with Crippen LogP contribution in [-0.2, 0) is 16.9 Å². The molecule has 1 saturated carbocycles. The van der Waals surface area contributed by atoms with Gasteiger partial charge in [-0.15, -0.1) is 0 Å². The van der Waals surface area contributed by atoms with Crippen LogP contribution in [0.3, 0.4) is 0 Å². The average Bonchev–Trinajstić information content (AvgIpc) is 2.90. The molecule has 2 atom stereocenters. The number of ether oxygens (including phenoxy) is 1. The van der Waals surface area contributed by atoms with Gasteiger partial charge in [0.25, 0.3) is 0 Å². The van der Waals surface area contributed by atoms with Gasteiger partial charge in [0.1, 0.15) is 5.60 Å². The van der Waals surface area contributed by atoms with Crippen molar-refractivity contribution in [3.05, 3.63) is 16.4 Å². The Morgan fingerprint density at radius 3 is 3.11 bits per heavy atom. The van der Waals surface area contributed by atoms with Crippen LogP contribution in [0.15, 0.2) is 10.7 Å². The smallest absolute Gasteiger partial charge is 0.110 e. The zero-order valence-electron chi connectivity index (χ0n) is 11.0. The number of hydrogen-bond acceptors (Lipinski definition) is 3. The molecule has 18 heavy (non-hydrogen) atoms. The van der Waals surface area contributed by atoms with Crippen molar-refractivity contribution in [1.29, 1.82) is 0 Å². The third kappa shape index (κ3) is 2.36. The van der Waals surface area contributed by atoms with Crippen LogP contribution in [0.5, 0.6) is 0 Å². The van der Waals surface area contributed by atoms with Crippen LogP contribution in [0.25, 0.3) is 0 Å². The van der Waals surface area contributed by atoms with Crippen LogP contribution >= 0.6 is 15.9 Å². The Hall–Kier alpha value is -0.390. The van der Waals surface area contributed by atoms with E-state index >= 15 is 0 Å². The molecule has 1 heterocycles. The predicted octanol–water partition coefficient (Wildman–Crippen LogP) is 2.69. The van der Waals surface area contributed by atoms with Crippen LogP contribution in [0.4, 0.5) is 0 Å². The summed E-state index contributed by atoms with van der Waals surface area (Å²) in [6.45, 7) is 3.43. The van der Waals surface area contributed by atoms with Crippen molar-refractivity contribution >= 4 is 15.9 Å². The predicted molar refractivity (Wildman–Crippen MR) is 73.3 cm³/mol. The fourth-order valence-corrected chi connectivity index (χ4v) is 3.69. The number of methoxy groups -OCH3 is 1. The van der Waals surface area contributed by atoms with Crippen molar-refractivity contribution in [2.45, 2.75) is 44.8 Å². The lowest BCUT2D eigenvalue weighted by Gasteiger charge is -2.30. The maximum absolute atomic E-state index is 11.0. The number of halogens is 1. The molecule has 4 nitrogen and oxygen atoms in total. The fraction of sp³-hybridized carbons (Fsp3) is 0.769. The van der Waals surface area contributed by atoms with Crippen molar-refractivity contribution < 1.29 is 9.84 Å². The van der Waals surface area contributed by atoms with E-state index in [0.717, 1.165) is 35.8 Å². The molecule has 0 saturated heterocycles. The Bertz CT molecular complexity index is 408. The van der Waals surface area contributed by atoms with Gasteiger partial charge in [0, 0.05) is 7.11 Å². The molecule has 1 aliphatic rings. The molecule has 1 N–H and O–H groups in total. The van der Waals surface area contributed by atoms with Gasteiger partial charge >= 0.3 is 0 Å². The Morgan fingerprint density at radius 1 is 1.67 bits per heavy atom. The van der Waals surface area contributed by atoms with Gasteiger partial charge in [-0.05, 0) is 41.1 Å². The molecular formula is C13H21BrN2O2. The molecule has 0 spiro atoms. The van der Waals surface area contributed by atoms with Crippen molar-refractivity contribution in [3.63, 3.8) is 0 Å². The first-order valence-electron chi connectivity index (χ1n) is 6.56. The molecule has 1 aromatic rings. The third-order valence-electron chi connectivity index (χ3n) is 3.99. The minimum atomic E-state index is -0.738. The number of nitrogens with zero attached hydrogens (tertiary/aromatic N) is 2. The van der Waals surface area contributed by atoms with E-state index in [1.54, 1.807) is 13.3 Å². The summed E-state index contributed by atoms with van der Waals surface area (Å²) in [5, 5.41) is 15.4. The molecule has 5 heteroatoms. The van der Waals surface area contributed by atoms with E-state index in [1.807, 2.05) is 4.68 Å². The Balaban J connectivity index is 2.33. The van der Waals surface area contributed by atoms with Crippen LogP contribution in [0, 0.1) is 5.92 Å². The summed E-state index contributed by atoms with van der Waals surface area (Å²) in [5.74, 6) is 0.326. The number of aromatic nitrogens is 2. The highest BCUT2D eigenvalue weighted by molar-refractivity contribution is 9.10. The first-order valence-corrected chi connectivity index (χ1v) is 7.36. The Labute approximate surface area is 116 Å². The van der Waals surface area contributed by atoms with Crippen LogP contribution in [-0.4, -0.2) is 28.6 Å². The average molecular weight is 317 g/mol. The van der Waals surface area contributed by atoms with Gasteiger partial charge in [0.05, 0.1) is 29.5 Å². The Kier molecular flexibility index (Phi) is 4.45. The van der Waals surface area contributed by atoms with Gasteiger partial charge in [0.15, 0.2) is 0 Å². The van der Waals surface area contributed by atoms with Gasteiger partial charge in [0.2, 0.25) is 0 Å². The summed E-state index contributed by atoms with van der Waals surface area (Å²) >= 11 is 3.53. The van der Waals surface area contributed by atoms with Crippen molar-refractivity contribution in [2.24, 2.45) is 5.92 Å². The van der Waals surface area contributed by atoms with Crippen molar-refractivity contribution in [2.75, 3.05) is 13.7 Å². The van der Waals surface area contributed by atoms with E-state index < -0.39 is 5.60 Å². The summed E-state index contributed by atoms with van der Waals surface area (Å²) in [7, 11) is 1.68. The summed E-state index contributed by atoms with van der Waals surface area (Å²) in [6.07, 6.45) is 5.76. The highest BCUT2D eigenvalue weighted by atomic mass is 79.9. The molecule has 0 amide bonds. The molecule has 0 aromatic carbocycles. The molecule has 0 bridgehead atoms. The topological polar surface area (TPSA) is 47.3 Å². The molecular weight excluding hydrogens is 296 g/mol. The maximum atomic E-state index is 11.0. The molecule has 0 radical (unpaired) electrons. The quantitative estimate of drug-likeness (QED) is 0.908. The lowest BCUT2D eigenvalue weighted by molar-refractivity contribution is -0.0137.